The number of imide groups is 1. The fraction of sp³-hybridized carbons (Fsp3) is 0.467. The molecule has 0 radical (unpaired) electrons. The number of nitrogens with one attached hydrogen (secondary N) is 3. The van der Waals surface area contributed by atoms with E-state index in [1.165, 1.54) is 0 Å². The minimum absolute atomic E-state index is 0.346. The Kier molecular flexibility index (Phi) is 6.03. The lowest BCUT2D eigenvalue weighted by Crippen LogP contribution is -2.46. The molecule has 1 aromatic carbocycles. The largest absolute Gasteiger partial charge is 0.374 e. The molecule has 1 aromatic rings. The fourth-order valence-corrected chi connectivity index (χ4v) is 1.53. The Balaban J connectivity index is 2.42. The van der Waals surface area contributed by atoms with Gasteiger partial charge in [-0.25, -0.2) is 4.79 Å². The number of urea groups is 1. The van der Waals surface area contributed by atoms with Crippen LogP contribution in [0.2, 0.25) is 0 Å². The van der Waals surface area contributed by atoms with Crippen LogP contribution < -0.4 is 16.0 Å². The second-order valence-electron chi connectivity index (χ2n) is 5.33. The summed E-state index contributed by atoms with van der Waals surface area (Å²) in [6, 6.07) is 6.78. The molecule has 0 saturated heterocycles. The molecule has 5 heteroatoms. The molecule has 0 fully saturated rings. The summed E-state index contributed by atoms with van der Waals surface area (Å²) in [5.41, 5.74) is 2.00. The molecule has 110 valence electrons. The Bertz CT molecular complexity index is 455. The Morgan fingerprint density at radius 1 is 1.10 bits per heavy atom. The van der Waals surface area contributed by atoms with E-state index in [0.29, 0.717) is 12.5 Å². The van der Waals surface area contributed by atoms with Crippen molar-refractivity contribution < 1.29 is 9.59 Å². The van der Waals surface area contributed by atoms with E-state index in [2.05, 4.69) is 16.0 Å². The van der Waals surface area contributed by atoms with E-state index in [9.17, 15) is 9.59 Å². The lowest BCUT2D eigenvalue weighted by Gasteiger charge is -2.15. The van der Waals surface area contributed by atoms with Crippen molar-refractivity contribution in [1.82, 2.24) is 10.6 Å². The van der Waals surface area contributed by atoms with Gasteiger partial charge in [-0.3, -0.25) is 10.1 Å². The van der Waals surface area contributed by atoms with Crippen molar-refractivity contribution in [1.29, 1.82) is 0 Å². The van der Waals surface area contributed by atoms with Gasteiger partial charge in [-0.15, -0.1) is 0 Å². The highest BCUT2D eigenvalue weighted by Gasteiger charge is 2.15. The molecule has 0 aliphatic rings. The molecular formula is C15H23N3O2. The minimum atomic E-state index is -0.484. The SMILES string of the molecule is Cc1ccc(N[C@H](C)C(=O)NC(=O)NCC(C)C)cc1. The summed E-state index contributed by atoms with van der Waals surface area (Å²) in [7, 11) is 0. The molecule has 0 aliphatic heterocycles. The normalized spacial score (nSPS) is 11.8. The number of carbonyl (C=O) groups excluding carboxylic acids is 2. The summed E-state index contributed by atoms with van der Waals surface area (Å²) in [5.74, 6) is -0.00853. The second kappa shape index (κ2) is 7.53. The average molecular weight is 277 g/mol. The molecule has 0 saturated carbocycles. The van der Waals surface area contributed by atoms with Crippen LogP contribution in [0, 0.1) is 12.8 Å². The lowest BCUT2D eigenvalue weighted by molar-refractivity contribution is -0.120. The van der Waals surface area contributed by atoms with Gasteiger partial charge >= 0.3 is 6.03 Å². The van der Waals surface area contributed by atoms with Gasteiger partial charge in [0, 0.05) is 12.2 Å². The molecule has 1 rings (SSSR count). The highest BCUT2D eigenvalue weighted by Crippen LogP contribution is 2.09. The molecule has 0 heterocycles. The van der Waals surface area contributed by atoms with Crippen LogP contribution in [0.5, 0.6) is 0 Å². The van der Waals surface area contributed by atoms with E-state index in [-0.39, 0.29) is 5.91 Å². The summed E-state index contributed by atoms with van der Waals surface area (Å²) >= 11 is 0. The molecule has 0 unspecified atom stereocenters. The topological polar surface area (TPSA) is 70.2 Å². The second-order valence-corrected chi connectivity index (χ2v) is 5.33. The van der Waals surface area contributed by atoms with Gasteiger partial charge in [0.25, 0.3) is 0 Å². The number of benzene rings is 1. The molecule has 5 nitrogen and oxygen atoms in total. The lowest BCUT2D eigenvalue weighted by atomic mass is 10.2. The maximum absolute atomic E-state index is 11.8. The maximum Gasteiger partial charge on any atom is 0.321 e. The van der Waals surface area contributed by atoms with Crippen molar-refractivity contribution >= 4 is 17.6 Å². The molecule has 0 aliphatic carbocycles. The van der Waals surface area contributed by atoms with Crippen LogP contribution in [0.15, 0.2) is 24.3 Å². The van der Waals surface area contributed by atoms with Gasteiger partial charge in [-0.1, -0.05) is 31.5 Å². The third kappa shape index (κ3) is 5.73. The average Bonchev–Trinajstić information content (AvgIpc) is 2.39. The number of aryl methyl sites for hydroxylation is 1. The first kappa shape index (κ1) is 16.0. The molecule has 1 atom stereocenters. The van der Waals surface area contributed by atoms with Crippen LogP contribution in [0.25, 0.3) is 0 Å². The third-order valence-electron chi connectivity index (χ3n) is 2.74. The smallest absolute Gasteiger partial charge is 0.321 e. The van der Waals surface area contributed by atoms with E-state index in [0.717, 1.165) is 11.3 Å². The summed E-state index contributed by atoms with van der Waals surface area (Å²) in [6.45, 7) is 8.23. The molecule has 0 spiro atoms. The van der Waals surface area contributed by atoms with Crippen LogP contribution in [-0.4, -0.2) is 24.5 Å². The van der Waals surface area contributed by atoms with Gasteiger partial charge in [0.2, 0.25) is 5.91 Å². The van der Waals surface area contributed by atoms with Gasteiger partial charge in [0.05, 0.1) is 0 Å². The quantitative estimate of drug-likeness (QED) is 0.773. The monoisotopic (exact) mass is 277 g/mol. The molecule has 0 bridgehead atoms. The first-order valence-electron chi connectivity index (χ1n) is 6.80. The first-order valence-corrected chi connectivity index (χ1v) is 6.80. The van der Waals surface area contributed by atoms with Crippen LogP contribution >= 0.6 is 0 Å². The van der Waals surface area contributed by atoms with E-state index >= 15 is 0 Å². The van der Waals surface area contributed by atoms with Crippen LogP contribution in [0.4, 0.5) is 10.5 Å². The zero-order valence-electron chi connectivity index (χ0n) is 12.5. The number of amides is 3. The molecule has 20 heavy (non-hydrogen) atoms. The first-order chi connectivity index (χ1) is 9.38. The number of carbonyl (C=O) groups is 2. The van der Waals surface area contributed by atoms with Gasteiger partial charge < -0.3 is 10.6 Å². The van der Waals surface area contributed by atoms with Crippen molar-refractivity contribution in [3.8, 4) is 0 Å². The zero-order valence-corrected chi connectivity index (χ0v) is 12.5. The van der Waals surface area contributed by atoms with Crippen molar-refractivity contribution in [2.45, 2.75) is 33.7 Å². The summed E-state index contributed by atoms with van der Waals surface area (Å²) in [5, 5.41) is 8.00. The highest BCUT2D eigenvalue weighted by atomic mass is 16.2. The van der Waals surface area contributed by atoms with Crippen molar-refractivity contribution in [3.05, 3.63) is 29.8 Å². The Hall–Kier alpha value is -2.04. The van der Waals surface area contributed by atoms with Crippen molar-refractivity contribution in [2.75, 3.05) is 11.9 Å². The van der Waals surface area contributed by atoms with E-state index in [4.69, 9.17) is 0 Å². The van der Waals surface area contributed by atoms with E-state index < -0.39 is 12.1 Å². The summed E-state index contributed by atoms with van der Waals surface area (Å²) < 4.78 is 0. The van der Waals surface area contributed by atoms with Crippen molar-refractivity contribution in [3.63, 3.8) is 0 Å². The number of hydrogen-bond acceptors (Lipinski definition) is 3. The zero-order chi connectivity index (χ0) is 15.1. The highest BCUT2D eigenvalue weighted by molar-refractivity contribution is 5.97. The molecule has 3 amide bonds. The summed E-state index contributed by atoms with van der Waals surface area (Å²) in [4.78, 5) is 23.3. The fourth-order valence-electron chi connectivity index (χ4n) is 1.53. The van der Waals surface area contributed by atoms with Crippen LogP contribution in [-0.2, 0) is 4.79 Å². The Labute approximate surface area is 120 Å². The minimum Gasteiger partial charge on any atom is -0.374 e. The van der Waals surface area contributed by atoms with E-state index in [1.807, 2.05) is 45.0 Å². The van der Waals surface area contributed by atoms with Crippen molar-refractivity contribution in [2.24, 2.45) is 5.92 Å². The molecule has 3 N–H and O–H groups in total. The number of hydrogen-bond donors (Lipinski definition) is 3. The summed E-state index contributed by atoms with van der Waals surface area (Å²) in [6.07, 6.45) is 0. The Morgan fingerprint density at radius 2 is 1.70 bits per heavy atom. The standard InChI is InChI=1S/C15H23N3O2/c1-10(2)9-16-15(20)18-14(19)12(4)17-13-7-5-11(3)6-8-13/h5-8,10,12,17H,9H2,1-4H3,(H2,16,18,19,20)/t12-/m1/s1. The molecule has 0 aromatic heterocycles. The Morgan fingerprint density at radius 3 is 2.25 bits per heavy atom. The number of rotatable bonds is 5. The van der Waals surface area contributed by atoms with Gasteiger partial charge in [-0.2, -0.15) is 0 Å². The van der Waals surface area contributed by atoms with Gasteiger partial charge in [0.15, 0.2) is 0 Å². The predicted octanol–water partition coefficient (Wildman–Crippen LogP) is 2.28. The van der Waals surface area contributed by atoms with Crippen LogP contribution in [0.3, 0.4) is 0 Å². The van der Waals surface area contributed by atoms with Gasteiger partial charge in [-0.05, 0) is 31.9 Å². The molecular weight excluding hydrogens is 254 g/mol. The van der Waals surface area contributed by atoms with Crippen LogP contribution in [0.1, 0.15) is 26.3 Å². The third-order valence-corrected chi connectivity index (χ3v) is 2.74. The maximum atomic E-state index is 11.8. The van der Waals surface area contributed by atoms with Gasteiger partial charge in [0.1, 0.15) is 6.04 Å². The number of anilines is 1. The predicted molar refractivity (Wildman–Crippen MR) is 80.6 cm³/mol. The van der Waals surface area contributed by atoms with E-state index in [1.54, 1.807) is 6.92 Å².